The Morgan fingerprint density at radius 3 is 3.00 bits per heavy atom. The highest BCUT2D eigenvalue weighted by atomic mass is 35.5. The maximum atomic E-state index is 8.45. The molecule has 13 heavy (non-hydrogen) atoms. The first kappa shape index (κ1) is 10.1. The quantitative estimate of drug-likeness (QED) is 0.259. The molecule has 0 atom stereocenters. The molecule has 0 radical (unpaired) electrons. The van der Waals surface area contributed by atoms with Gasteiger partial charge in [-0.25, -0.2) is 4.98 Å². The van der Waals surface area contributed by atoms with Crippen molar-refractivity contribution in [3.05, 3.63) is 22.8 Å². The number of hydrogen-bond acceptors (Lipinski definition) is 4. The fourth-order valence-corrected chi connectivity index (χ4v) is 1.71. The third-order valence-electron chi connectivity index (χ3n) is 1.43. The third-order valence-corrected chi connectivity index (χ3v) is 2.63. The van der Waals surface area contributed by atoms with Crippen LogP contribution in [0.5, 0.6) is 0 Å². The van der Waals surface area contributed by atoms with Crippen molar-refractivity contribution in [2.24, 2.45) is 10.9 Å². The van der Waals surface area contributed by atoms with Gasteiger partial charge in [-0.15, -0.1) is 11.8 Å². The molecule has 3 N–H and O–H groups in total. The average Bonchev–Trinajstić information content (AvgIpc) is 2.17. The molecule has 1 rings (SSSR count). The third kappa shape index (κ3) is 2.05. The van der Waals surface area contributed by atoms with Crippen LogP contribution in [-0.4, -0.2) is 22.3 Å². The molecule has 0 amide bonds. The minimum absolute atomic E-state index is 0.0114. The van der Waals surface area contributed by atoms with E-state index < -0.39 is 0 Å². The number of nitrogens with zero attached hydrogens (tertiary/aromatic N) is 2. The average molecular weight is 218 g/mol. The van der Waals surface area contributed by atoms with Crippen LogP contribution in [0.4, 0.5) is 0 Å². The van der Waals surface area contributed by atoms with Gasteiger partial charge < -0.3 is 10.9 Å². The number of nitrogens with two attached hydrogens (primary N) is 1. The molecule has 6 heteroatoms. The van der Waals surface area contributed by atoms with E-state index in [9.17, 15) is 0 Å². The van der Waals surface area contributed by atoms with Gasteiger partial charge in [-0.3, -0.25) is 0 Å². The van der Waals surface area contributed by atoms with Crippen molar-refractivity contribution in [2.75, 3.05) is 6.26 Å². The lowest BCUT2D eigenvalue weighted by atomic mass is 10.2. The number of hydrogen-bond donors (Lipinski definition) is 2. The van der Waals surface area contributed by atoms with Crippen LogP contribution in [0, 0.1) is 0 Å². The summed E-state index contributed by atoms with van der Waals surface area (Å²) in [6, 6.07) is 1.59. The van der Waals surface area contributed by atoms with Crippen LogP contribution in [0.1, 0.15) is 5.56 Å². The zero-order chi connectivity index (χ0) is 9.84. The Kier molecular flexibility index (Phi) is 3.39. The molecule has 0 bridgehead atoms. The lowest BCUT2D eigenvalue weighted by Gasteiger charge is -2.04. The molecule has 1 aromatic rings. The molecule has 4 nitrogen and oxygen atoms in total. The van der Waals surface area contributed by atoms with Gasteiger partial charge in [-0.1, -0.05) is 16.8 Å². The predicted octanol–water partition coefficient (Wildman–Crippen LogP) is 1.55. The molecule has 0 aliphatic carbocycles. The predicted molar refractivity (Wildman–Crippen MR) is 53.5 cm³/mol. The molecule has 0 saturated heterocycles. The first-order valence-corrected chi connectivity index (χ1v) is 4.97. The van der Waals surface area contributed by atoms with Gasteiger partial charge >= 0.3 is 0 Å². The van der Waals surface area contributed by atoms with Crippen molar-refractivity contribution in [1.29, 1.82) is 0 Å². The van der Waals surface area contributed by atoms with Crippen LogP contribution in [0.3, 0.4) is 0 Å². The maximum absolute atomic E-state index is 8.45. The van der Waals surface area contributed by atoms with Gasteiger partial charge in [0.15, 0.2) is 5.84 Å². The van der Waals surface area contributed by atoms with Crippen LogP contribution in [-0.2, 0) is 0 Å². The zero-order valence-electron chi connectivity index (χ0n) is 6.86. The summed E-state index contributed by atoms with van der Waals surface area (Å²) < 4.78 is 0. The summed E-state index contributed by atoms with van der Waals surface area (Å²) in [6.07, 6.45) is 3.41. The Hall–Kier alpha value is -0.940. The van der Waals surface area contributed by atoms with Crippen molar-refractivity contribution in [1.82, 2.24) is 4.98 Å². The second kappa shape index (κ2) is 4.34. The number of amidine groups is 1. The van der Waals surface area contributed by atoms with Crippen LogP contribution >= 0.6 is 23.4 Å². The summed E-state index contributed by atoms with van der Waals surface area (Å²) in [7, 11) is 0. The first-order valence-electron chi connectivity index (χ1n) is 3.37. The smallest absolute Gasteiger partial charge is 0.171 e. The maximum Gasteiger partial charge on any atom is 0.171 e. The summed E-state index contributed by atoms with van der Waals surface area (Å²) in [6.45, 7) is 0. The van der Waals surface area contributed by atoms with Crippen molar-refractivity contribution in [2.45, 2.75) is 5.03 Å². The molecule has 0 saturated carbocycles. The van der Waals surface area contributed by atoms with E-state index >= 15 is 0 Å². The molecule has 0 aliphatic rings. The SMILES string of the molecule is CSc1nccc(/C(N)=N/O)c1Cl. The molecule has 0 spiro atoms. The normalized spacial score (nSPS) is 11.7. The highest BCUT2D eigenvalue weighted by molar-refractivity contribution is 7.98. The number of oxime groups is 1. The second-order valence-corrected chi connectivity index (χ2v) is 3.34. The van der Waals surface area contributed by atoms with E-state index in [0.717, 1.165) is 0 Å². The van der Waals surface area contributed by atoms with Crippen LogP contribution in [0.2, 0.25) is 5.02 Å². The summed E-state index contributed by atoms with van der Waals surface area (Å²) >= 11 is 7.33. The molecular weight excluding hydrogens is 210 g/mol. The van der Waals surface area contributed by atoms with Gasteiger partial charge in [0.05, 0.1) is 5.02 Å². The Labute approximate surface area is 84.8 Å². The summed E-state index contributed by atoms with van der Waals surface area (Å²) in [5.74, 6) is -0.0114. The Morgan fingerprint density at radius 1 is 1.77 bits per heavy atom. The summed E-state index contributed by atoms with van der Waals surface area (Å²) in [4.78, 5) is 4.01. The standard InChI is InChI=1S/C7H8ClN3OS/c1-13-7-5(8)4(2-3-10-7)6(9)11-12/h2-3,12H,1H3,(H2,9,11). The molecule has 0 unspecified atom stereocenters. The Morgan fingerprint density at radius 2 is 2.46 bits per heavy atom. The van der Waals surface area contributed by atoms with E-state index in [2.05, 4.69) is 10.1 Å². The van der Waals surface area contributed by atoms with Crippen molar-refractivity contribution < 1.29 is 5.21 Å². The van der Waals surface area contributed by atoms with Crippen molar-refractivity contribution in [3.8, 4) is 0 Å². The minimum Gasteiger partial charge on any atom is -0.409 e. The van der Waals surface area contributed by atoms with Gasteiger partial charge in [0.1, 0.15) is 5.03 Å². The lowest BCUT2D eigenvalue weighted by Crippen LogP contribution is -2.14. The zero-order valence-corrected chi connectivity index (χ0v) is 8.43. The molecule has 1 aromatic heterocycles. The second-order valence-electron chi connectivity index (χ2n) is 2.17. The Bertz CT molecular complexity index is 343. The van der Waals surface area contributed by atoms with Crippen molar-refractivity contribution in [3.63, 3.8) is 0 Å². The Balaban J connectivity index is 3.23. The van der Waals surface area contributed by atoms with E-state index in [1.165, 1.54) is 11.8 Å². The van der Waals surface area contributed by atoms with Crippen molar-refractivity contribution >= 4 is 29.2 Å². The first-order chi connectivity index (χ1) is 6.20. The fourth-order valence-electron chi connectivity index (χ4n) is 0.819. The fraction of sp³-hybridized carbons (Fsp3) is 0.143. The van der Waals surface area contributed by atoms with E-state index in [0.29, 0.717) is 15.6 Å². The van der Waals surface area contributed by atoms with Crippen LogP contribution in [0.15, 0.2) is 22.4 Å². The summed E-state index contributed by atoms with van der Waals surface area (Å²) in [5.41, 5.74) is 5.89. The summed E-state index contributed by atoms with van der Waals surface area (Å²) in [5, 5.41) is 12.4. The van der Waals surface area contributed by atoms with E-state index in [4.69, 9.17) is 22.5 Å². The lowest BCUT2D eigenvalue weighted by molar-refractivity contribution is 0.318. The molecule has 1 heterocycles. The van der Waals surface area contributed by atoms with Gasteiger partial charge in [0, 0.05) is 11.8 Å². The number of aromatic nitrogens is 1. The van der Waals surface area contributed by atoms with Gasteiger partial charge in [-0.2, -0.15) is 0 Å². The molecule has 0 aliphatic heterocycles. The number of pyridine rings is 1. The van der Waals surface area contributed by atoms with Crippen LogP contribution in [0.25, 0.3) is 0 Å². The molecule has 0 aromatic carbocycles. The molecule has 0 fully saturated rings. The molecular formula is C7H8ClN3OS. The largest absolute Gasteiger partial charge is 0.409 e. The highest BCUT2D eigenvalue weighted by Gasteiger charge is 2.09. The molecule has 70 valence electrons. The monoisotopic (exact) mass is 217 g/mol. The van der Waals surface area contributed by atoms with Gasteiger partial charge in [0.2, 0.25) is 0 Å². The number of halogens is 1. The van der Waals surface area contributed by atoms with Crippen LogP contribution < -0.4 is 5.73 Å². The van der Waals surface area contributed by atoms with Gasteiger partial charge in [-0.05, 0) is 12.3 Å². The van der Waals surface area contributed by atoms with E-state index in [-0.39, 0.29) is 5.84 Å². The number of thioether (sulfide) groups is 1. The topological polar surface area (TPSA) is 71.5 Å². The van der Waals surface area contributed by atoms with E-state index in [1.807, 2.05) is 6.26 Å². The number of rotatable bonds is 2. The minimum atomic E-state index is -0.0114. The highest BCUT2D eigenvalue weighted by Crippen LogP contribution is 2.25. The van der Waals surface area contributed by atoms with E-state index in [1.54, 1.807) is 12.3 Å². The van der Waals surface area contributed by atoms with Gasteiger partial charge in [0.25, 0.3) is 0 Å².